The van der Waals surface area contributed by atoms with Crippen LogP contribution in [0.15, 0.2) is 36.9 Å². The Bertz CT molecular complexity index is 682. The third-order valence-corrected chi connectivity index (χ3v) is 5.63. The Kier molecular flexibility index (Phi) is 6.29. The van der Waals surface area contributed by atoms with Gasteiger partial charge in [-0.25, -0.2) is 0 Å². The minimum absolute atomic E-state index is 0.0541. The van der Waals surface area contributed by atoms with Gasteiger partial charge in [0, 0.05) is 63.2 Å². The van der Waals surface area contributed by atoms with Crippen molar-refractivity contribution in [3.05, 3.63) is 42.5 Å². The molecule has 1 aromatic rings. The summed E-state index contributed by atoms with van der Waals surface area (Å²) in [6.45, 7) is 9.86. The zero-order valence-electron chi connectivity index (χ0n) is 16.3. The largest absolute Gasteiger partial charge is 0.381 e. The number of carbonyl (C=O) groups is 2. The molecule has 0 N–H and O–H groups in total. The van der Waals surface area contributed by atoms with Gasteiger partial charge in [-0.2, -0.15) is 0 Å². The Balaban J connectivity index is 1.62. The molecule has 2 aliphatic rings. The molecule has 0 radical (unpaired) electrons. The minimum atomic E-state index is -0.174. The second kappa shape index (κ2) is 8.67. The fourth-order valence-corrected chi connectivity index (χ4v) is 3.93. The number of likely N-dealkylation sites (N-methyl/N-ethyl adjacent to an activating group) is 1. The molecule has 0 spiro atoms. The average molecular weight is 371 g/mol. The Labute approximate surface area is 161 Å². The van der Waals surface area contributed by atoms with E-state index in [1.165, 1.54) is 11.0 Å². The van der Waals surface area contributed by atoms with Crippen molar-refractivity contribution in [2.24, 2.45) is 0 Å². The van der Waals surface area contributed by atoms with E-state index in [9.17, 15) is 9.59 Å². The van der Waals surface area contributed by atoms with Gasteiger partial charge < -0.3 is 14.5 Å². The molecule has 6 heteroatoms. The number of nitrogens with zero attached hydrogens (tertiary/aromatic N) is 3. The van der Waals surface area contributed by atoms with E-state index < -0.39 is 0 Å². The third-order valence-electron chi connectivity index (χ3n) is 5.63. The van der Waals surface area contributed by atoms with Gasteiger partial charge >= 0.3 is 0 Å². The first kappa shape index (κ1) is 19.6. The molecule has 2 amide bonds. The van der Waals surface area contributed by atoms with E-state index in [1.54, 1.807) is 31.3 Å². The van der Waals surface area contributed by atoms with Gasteiger partial charge in [-0.05, 0) is 50.1 Å². The summed E-state index contributed by atoms with van der Waals surface area (Å²) in [7, 11) is 1.69. The lowest BCUT2D eigenvalue weighted by molar-refractivity contribution is -0.113. The van der Waals surface area contributed by atoms with Crippen LogP contribution in [-0.4, -0.2) is 73.6 Å². The maximum absolute atomic E-state index is 13.0. The Morgan fingerprint density at radius 2 is 1.85 bits per heavy atom. The molecule has 2 aliphatic heterocycles. The van der Waals surface area contributed by atoms with Crippen LogP contribution < -0.4 is 4.90 Å². The van der Waals surface area contributed by atoms with Gasteiger partial charge in [0.1, 0.15) is 0 Å². The number of anilines is 1. The number of rotatable bonds is 4. The fraction of sp³-hybridized carbons (Fsp3) is 0.524. The van der Waals surface area contributed by atoms with Gasteiger partial charge in [0.15, 0.2) is 0 Å². The summed E-state index contributed by atoms with van der Waals surface area (Å²) in [6.07, 6.45) is 3.44. The van der Waals surface area contributed by atoms with E-state index in [0.717, 1.165) is 51.4 Å². The van der Waals surface area contributed by atoms with E-state index in [-0.39, 0.29) is 17.9 Å². The maximum atomic E-state index is 13.0. The van der Waals surface area contributed by atoms with Crippen molar-refractivity contribution in [2.45, 2.75) is 31.8 Å². The van der Waals surface area contributed by atoms with Crippen molar-refractivity contribution in [1.82, 2.24) is 9.80 Å². The van der Waals surface area contributed by atoms with Crippen LogP contribution >= 0.6 is 0 Å². The lowest BCUT2D eigenvalue weighted by Gasteiger charge is -2.44. The first-order valence-electron chi connectivity index (χ1n) is 9.64. The van der Waals surface area contributed by atoms with Gasteiger partial charge in [-0.1, -0.05) is 6.58 Å². The molecule has 2 heterocycles. The molecule has 0 bridgehead atoms. The second-order valence-electron chi connectivity index (χ2n) is 7.33. The number of benzene rings is 1. The molecule has 1 aromatic carbocycles. The lowest BCUT2D eigenvalue weighted by atomic mass is 10.0. The molecule has 0 aromatic heterocycles. The van der Waals surface area contributed by atoms with Crippen LogP contribution in [0, 0.1) is 0 Å². The van der Waals surface area contributed by atoms with Crippen LogP contribution in [0.5, 0.6) is 0 Å². The number of carbonyl (C=O) groups excluding carboxylic acids is 2. The van der Waals surface area contributed by atoms with Gasteiger partial charge in [0.2, 0.25) is 5.91 Å². The van der Waals surface area contributed by atoms with Crippen molar-refractivity contribution < 1.29 is 14.3 Å². The Morgan fingerprint density at radius 3 is 2.44 bits per heavy atom. The average Bonchev–Trinajstić information content (AvgIpc) is 2.72. The van der Waals surface area contributed by atoms with Crippen molar-refractivity contribution in [2.75, 3.05) is 44.8 Å². The summed E-state index contributed by atoms with van der Waals surface area (Å²) in [6, 6.07) is 7.95. The molecule has 27 heavy (non-hydrogen) atoms. The molecule has 0 aliphatic carbocycles. The van der Waals surface area contributed by atoms with Crippen molar-refractivity contribution in [3.8, 4) is 0 Å². The van der Waals surface area contributed by atoms with Crippen LogP contribution in [0.4, 0.5) is 5.69 Å². The summed E-state index contributed by atoms with van der Waals surface area (Å²) in [5, 5.41) is 0. The zero-order valence-corrected chi connectivity index (χ0v) is 16.3. The van der Waals surface area contributed by atoms with Crippen molar-refractivity contribution >= 4 is 17.5 Å². The highest BCUT2D eigenvalue weighted by Gasteiger charge is 2.32. The van der Waals surface area contributed by atoms with Gasteiger partial charge in [0.05, 0.1) is 0 Å². The Hall–Kier alpha value is -2.18. The normalized spacial score (nSPS) is 21.7. The lowest BCUT2D eigenvalue weighted by Crippen LogP contribution is -2.57. The summed E-state index contributed by atoms with van der Waals surface area (Å²) >= 11 is 0. The summed E-state index contributed by atoms with van der Waals surface area (Å²) in [5.41, 5.74) is 1.40. The number of hydrogen-bond donors (Lipinski definition) is 0. The van der Waals surface area contributed by atoms with E-state index in [1.807, 2.05) is 4.90 Å². The van der Waals surface area contributed by atoms with Crippen molar-refractivity contribution in [3.63, 3.8) is 0 Å². The van der Waals surface area contributed by atoms with E-state index in [2.05, 4.69) is 18.4 Å². The summed E-state index contributed by atoms with van der Waals surface area (Å²) in [5.74, 6) is -0.120. The predicted molar refractivity (Wildman–Crippen MR) is 106 cm³/mol. The number of piperazine rings is 1. The molecule has 3 rings (SSSR count). The van der Waals surface area contributed by atoms with Gasteiger partial charge in [-0.3, -0.25) is 14.5 Å². The molecule has 0 saturated carbocycles. The molecule has 6 nitrogen and oxygen atoms in total. The molecular weight excluding hydrogens is 342 g/mol. The smallest absolute Gasteiger partial charge is 0.254 e. The standard InChI is InChI=1S/C21H29N3O3/c1-4-20(25)22(3)18-7-5-17(6-8-18)21(26)24-12-11-23(15-16(24)2)19-9-13-27-14-10-19/h4-8,16,19H,1,9-15H2,2-3H3/t16-/m1/s1. The highest BCUT2D eigenvalue weighted by molar-refractivity contribution is 6.01. The maximum Gasteiger partial charge on any atom is 0.254 e. The monoisotopic (exact) mass is 371 g/mol. The van der Waals surface area contributed by atoms with Crippen LogP contribution in [0.1, 0.15) is 30.1 Å². The molecule has 1 atom stereocenters. The highest BCUT2D eigenvalue weighted by atomic mass is 16.5. The third kappa shape index (κ3) is 4.39. The highest BCUT2D eigenvalue weighted by Crippen LogP contribution is 2.22. The van der Waals surface area contributed by atoms with Crippen molar-refractivity contribution in [1.29, 1.82) is 0 Å². The first-order valence-corrected chi connectivity index (χ1v) is 9.64. The second-order valence-corrected chi connectivity index (χ2v) is 7.33. The molecule has 2 saturated heterocycles. The number of ether oxygens (including phenoxy) is 1. The number of hydrogen-bond acceptors (Lipinski definition) is 4. The molecule has 0 unspecified atom stereocenters. The molecular formula is C21H29N3O3. The predicted octanol–water partition coefficient (Wildman–Crippen LogP) is 2.16. The van der Waals surface area contributed by atoms with Crippen LogP contribution in [0.25, 0.3) is 0 Å². The van der Waals surface area contributed by atoms with E-state index >= 15 is 0 Å². The fourth-order valence-electron chi connectivity index (χ4n) is 3.93. The van der Waals surface area contributed by atoms with Crippen LogP contribution in [-0.2, 0) is 9.53 Å². The van der Waals surface area contributed by atoms with Crippen LogP contribution in [0.2, 0.25) is 0 Å². The van der Waals surface area contributed by atoms with Gasteiger partial charge in [0.25, 0.3) is 5.91 Å². The first-order chi connectivity index (χ1) is 13.0. The Morgan fingerprint density at radius 1 is 1.19 bits per heavy atom. The van der Waals surface area contributed by atoms with E-state index in [4.69, 9.17) is 4.74 Å². The molecule has 2 fully saturated rings. The van der Waals surface area contributed by atoms with Crippen LogP contribution in [0.3, 0.4) is 0 Å². The number of amides is 2. The summed E-state index contributed by atoms with van der Waals surface area (Å²) in [4.78, 5) is 30.6. The minimum Gasteiger partial charge on any atom is -0.381 e. The quantitative estimate of drug-likeness (QED) is 0.761. The topological polar surface area (TPSA) is 53.1 Å². The van der Waals surface area contributed by atoms with Gasteiger partial charge in [-0.15, -0.1) is 0 Å². The molecule has 146 valence electrons. The van der Waals surface area contributed by atoms with E-state index in [0.29, 0.717) is 11.6 Å². The zero-order chi connectivity index (χ0) is 19.4. The summed E-state index contributed by atoms with van der Waals surface area (Å²) < 4.78 is 5.46. The SMILES string of the molecule is C=CC(=O)N(C)c1ccc(C(=O)N2CCN(C3CCOCC3)C[C@H]2C)cc1.